The molecule has 0 bridgehead atoms. The van der Waals surface area contributed by atoms with Gasteiger partial charge in [-0.2, -0.15) is 0 Å². The molecule has 0 aliphatic heterocycles. The number of hydrogen-bond donors (Lipinski definition) is 1. The van der Waals surface area contributed by atoms with Gasteiger partial charge in [0.15, 0.2) is 0 Å². The van der Waals surface area contributed by atoms with Crippen LogP contribution in [0, 0.1) is 0 Å². The molecule has 1 aromatic carbocycles. The zero-order chi connectivity index (χ0) is 11.5. The van der Waals surface area contributed by atoms with Gasteiger partial charge in [-0.05, 0) is 50.2 Å². The van der Waals surface area contributed by atoms with Crippen molar-refractivity contribution in [1.82, 2.24) is 10.2 Å². The molecule has 0 aromatic heterocycles. The fourth-order valence-electron chi connectivity index (χ4n) is 2.26. The minimum absolute atomic E-state index is 0.521. The van der Waals surface area contributed by atoms with Gasteiger partial charge in [0.1, 0.15) is 0 Å². The molecule has 0 amide bonds. The minimum atomic E-state index is 0.521. The van der Waals surface area contributed by atoms with Gasteiger partial charge in [0, 0.05) is 24.2 Å². The molecule has 88 valence electrons. The molecular formula is C13H19ClN2. The fraction of sp³-hybridized carbons (Fsp3) is 0.538. The molecular weight excluding hydrogens is 220 g/mol. The van der Waals surface area contributed by atoms with Crippen LogP contribution in [-0.2, 0) is 6.42 Å². The van der Waals surface area contributed by atoms with Crippen LogP contribution >= 0.6 is 11.6 Å². The van der Waals surface area contributed by atoms with E-state index in [-0.39, 0.29) is 0 Å². The highest BCUT2D eigenvalue weighted by molar-refractivity contribution is 6.30. The maximum absolute atomic E-state index is 5.99. The molecule has 16 heavy (non-hydrogen) atoms. The topological polar surface area (TPSA) is 15.3 Å². The summed E-state index contributed by atoms with van der Waals surface area (Å²) >= 11 is 5.99. The summed E-state index contributed by atoms with van der Waals surface area (Å²) < 4.78 is 0. The third kappa shape index (κ3) is 2.76. The van der Waals surface area contributed by atoms with Crippen molar-refractivity contribution in [2.45, 2.75) is 18.9 Å². The van der Waals surface area contributed by atoms with Crippen LogP contribution in [0.3, 0.4) is 0 Å². The first-order valence-corrected chi connectivity index (χ1v) is 6.21. The molecule has 0 heterocycles. The number of rotatable bonds is 4. The Kier molecular flexibility index (Phi) is 3.85. The Hall–Kier alpha value is -0.570. The summed E-state index contributed by atoms with van der Waals surface area (Å²) in [5.41, 5.74) is 2.85. The number of fused-ring (bicyclic) bond motifs is 1. The van der Waals surface area contributed by atoms with Crippen molar-refractivity contribution in [3.05, 3.63) is 34.3 Å². The predicted octanol–water partition coefficient (Wildman–Crippen LogP) is 2.48. The largest absolute Gasteiger partial charge is 0.309 e. The molecule has 0 fully saturated rings. The average Bonchev–Trinajstić information content (AvgIpc) is 2.60. The van der Waals surface area contributed by atoms with E-state index in [2.05, 4.69) is 36.4 Å². The van der Waals surface area contributed by atoms with Crippen LogP contribution < -0.4 is 5.32 Å². The van der Waals surface area contributed by atoms with Crippen molar-refractivity contribution in [3.63, 3.8) is 0 Å². The van der Waals surface area contributed by atoms with Crippen LogP contribution in [0.2, 0.25) is 5.02 Å². The lowest BCUT2D eigenvalue weighted by molar-refractivity contribution is 0.384. The molecule has 0 saturated carbocycles. The molecule has 2 rings (SSSR count). The highest BCUT2D eigenvalue weighted by Gasteiger charge is 2.21. The Bertz CT molecular complexity index is 363. The highest BCUT2D eigenvalue weighted by Crippen LogP contribution is 2.32. The summed E-state index contributed by atoms with van der Waals surface area (Å²) in [6, 6.07) is 6.78. The molecule has 1 aliphatic carbocycles. The van der Waals surface area contributed by atoms with Gasteiger partial charge < -0.3 is 10.2 Å². The Labute approximate surface area is 103 Å². The molecule has 1 aliphatic rings. The maximum atomic E-state index is 5.99. The fourth-order valence-corrected chi connectivity index (χ4v) is 2.46. The molecule has 2 nitrogen and oxygen atoms in total. The second-order valence-corrected chi connectivity index (χ2v) is 5.13. The quantitative estimate of drug-likeness (QED) is 0.867. The van der Waals surface area contributed by atoms with Crippen molar-refractivity contribution in [2.75, 3.05) is 27.2 Å². The van der Waals surface area contributed by atoms with Crippen LogP contribution in [0.5, 0.6) is 0 Å². The van der Waals surface area contributed by atoms with E-state index >= 15 is 0 Å². The molecule has 3 heteroatoms. The smallest absolute Gasteiger partial charge is 0.0408 e. The van der Waals surface area contributed by atoms with Crippen LogP contribution in [0.15, 0.2) is 18.2 Å². The normalized spacial score (nSPS) is 19.1. The summed E-state index contributed by atoms with van der Waals surface area (Å²) in [6.07, 6.45) is 2.35. The summed E-state index contributed by atoms with van der Waals surface area (Å²) in [4.78, 5) is 2.20. The Morgan fingerprint density at radius 3 is 3.00 bits per heavy atom. The van der Waals surface area contributed by atoms with Gasteiger partial charge in [-0.3, -0.25) is 0 Å². The second-order valence-electron chi connectivity index (χ2n) is 4.69. The van der Waals surface area contributed by atoms with Gasteiger partial charge in [0.2, 0.25) is 0 Å². The van der Waals surface area contributed by atoms with Crippen molar-refractivity contribution in [2.24, 2.45) is 0 Å². The number of nitrogens with zero attached hydrogens (tertiary/aromatic N) is 1. The Morgan fingerprint density at radius 2 is 2.25 bits per heavy atom. The summed E-state index contributed by atoms with van der Waals surface area (Å²) in [6.45, 7) is 2.12. The van der Waals surface area contributed by atoms with E-state index in [0.29, 0.717) is 6.04 Å². The lowest BCUT2D eigenvalue weighted by Gasteiger charge is -2.16. The molecule has 1 atom stereocenters. The van der Waals surface area contributed by atoms with Crippen molar-refractivity contribution >= 4 is 11.6 Å². The summed E-state index contributed by atoms with van der Waals surface area (Å²) in [5, 5.41) is 4.46. The van der Waals surface area contributed by atoms with E-state index in [1.807, 2.05) is 6.07 Å². The lowest BCUT2D eigenvalue weighted by Crippen LogP contribution is -2.28. The average molecular weight is 239 g/mol. The number of halogens is 1. The monoisotopic (exact) mass is 238 g/mol. The Morgan fingerprint density at radius 1 is 1.44 bits per heavy atom. The SMILES string of the molecule is CN(C)CCNC1CCc2cc(Cl)ccc21. The molecule has 0 spiro atoms. The number of benzene rings is 1. The third-order valence-electron chi connectivity index (χ3n) is 3.13. The van der Waals surface area contributed by atoms with Crippen LogP contribution in [0.1, 0.15) is 23.6 Å². The van der Waals surface area contributed by atoms with E-state index in [9.17, 15) is 0 Å². The van der Waals surface area contributed by atoms with E-state index in [4.69, 9.17) is 11.6 Å². The summed E-state index contributed by atoms with van der Waals surface area (Å²) in [5.74, 6) is 0. The van der Waals surface area contributed by atoms with Crippen molar-refractivity contribution in [1.29, 1.82) is 0 Å². The predicted molar refractivity (Wildman–Crippen MR) is 69.1 cm³/mol. The zero-order valence-corrected chi connectivity index (χ0v) is 10.7. The summed E-state index contributed by atoms with van der Waals surface area (Å²) in [7, 11) is 4.20. The zero-order valence-electron chi connectivity index (χ0n) is 9.96. The van der Waals surface area contributed by atoms with E-state index in [0.717, 1.165) is 24.5 Å². The van der Waals surface area contributed by atoms with Gasteiger partial charge in [-0.1, -0.05) is 17.7 Å². The standard InChI is InChI=1S/C13H19ClN2/c1-16(2)8-7-15-13-6-3-10-9-11(14)4-5-12(10)13/h4-5,9,13,15H,3,6-8H2,1-2H3. The number of nitrogens with one attached hydrogen (secondary N) is 1. The van der Waals surface area contributed by atoms with Gasteiger partial charge in [-0.25, -0.2) is 0 Å². The van der Waals surface area contributed by atoms with E-state index in [1.54, 1.807) is 0 Å². The number of aryl methyl sites for hydroxylation is 1. The van der Waals surface area contributed by atoms with Crippen molar-refractivity contribution in [3.8, 4) is 0 Å². The van der Waals surface area contributed by atoms with Crippen LogP contribution in [0.25, 0.3) is 0 Å². The van der Waals surface area contributed by atoms with E-state index in [1.165, 1.54) is 17.5 Å². The second kappa shape index (κ2) is 5.17. The highest BCUT2D eigenvalue weighted by atomic mass is 35.5. The molecule has 0 saturated heterocycles. The van der Waals surface area contributed by atoms with Crippen LogP contribution in [-0.4, -0.2) is 32.1 Å². The molecule has 1 N–H and O–H groups in total. The molecule has 1 aromatic rings. The minimum Gasteiger partial charge on any atom is -0.309 e. The first-order chi connectivity index (χ1) is 7.66. The van der Waals surface area contributed by atoms with Gasteiger partial charge in [0.05, 0.1) is 0 Å². The third-order valence-corrected chi connectivity index (χ3v) is 3.37. The number of hydrogen-bond acceptors (Lipinski definition) is 2. The lowest BCUT2D eigenvalue weighted by atomic mass is 10.1. The van der Waals surface area contributed by atoms with Gasteiger partial charge >= 0.3 is 0 Å². The van der Waals surface area contributed by atoms with Gasteiger partial charge in [-0.15, -0.1) is 0 Å². The van der Waals surface area contributed by atoms with Crippen molar-refractivity contribution < 1.29 is 0 Å². The first kappa shape index (κ1) is 11.9. The van der Waals surface area contributed by atoms with E-state index < -0.39 is 0 Å². The Balaban J connectivity index is 1.95. The van der Waals surface area contributed by atoms with Crippen LogP contribution in [0.4, 0.5) is 0 Å². The molecule has 1 unspecified atom stereocenters. The number of likely N-dealkylation sites (N-methyl/N-ethyl adjacent to an activating group) is 1. The van der Waals surface area contributed by atoms with Gasteiger partial charge in [0.25, 0.3) is 0 Å². The maximum Gasteiger partial charge on any atom is 0.0408 e. The first-order valence-electron chi connectivity index (χ1n) is 5.83. The molecule has 0 radical (unpaired) electrons.